The number of nitrogen functional groups attached to an aromatic ring is 1. The van der Waals surface area contributed by atoms with Crippen LogP contribution in [0.4, 0.5) is 5.69 Å². The smallest absolute Gasteiger partial charge is 0.145 e. The van der Waals surface area contributed by atoms with Gasteiger partial charge in [0.1, 0.15) is 17.6 Å². The minimum Gasteiger partial charge on any atom is -0.456 e. The topological polar surface area (TPSA) is 59.0 Å². The van der Waals surface area contributed by atoms with Crippen LogP contribution in [-0.4, -0.2) is 0 Å². The molecular weight excluding hydrogens is 236 g/mol. The summed E-state index contributed by atoms with van der Waals surface area (Å²) in [6.07, 6.45) is 0. The van der Waals surface area contributed by atoms with E-state index in [0.717, 1.165) is 11.3 Å². The zero-order valence-corrected chi connectivity index (χ0v) is 11.1. The summed E-state index contributed by atoms with van der Waals surface area (Å²) in [5.74, 6) is 1.67. The van der Waals surface area contributed by atoms with Crippen molar-refractivity contribution < 1.29 is 4.74 Å². The lowest BCUT2D eigenvalue weighted by atomic mass is 10.0. The van der Waals surface area contributed by atoms with Gasteiger partial charge < -0.3 is 10.5 Å². The number of anilines is 1. The Kier molecular flexibility index (Phi) is 3.72. The summed E-state index contributed by atoms with van der Waals surface area (Å²) in [5.41, 5.74) is 7.78. The second kappa shape index (κ2) is 5.45. The number of hydrogen-bond donors (Lipinski definition) is 1. The fraction of sp³-hybridized carbons (Fsp3) is 0.188. The van der Waals surface area contributed by atoms with Crippen LogP contribution in [0.25, 0.3) is 0 Å². The molecule has 0 aliphatic carbocycles. The highest BCUT2D eigenvalue weighted by Crippen LogP contribution is 2.32. The minimum absolute atomic E-state index is 0.357. The van der Waals surface area contributed by atoms with Crippen molar-refractivity contribution in [3.63, 3.8) is 0 Å². The molecule has 0 aliphatic rings. The zero-order chi connectivity index (χ0) is 13.8. The third kappa shape index (κ3) is 2.86. The molecule has 2 rings (SSSR count). The lowest BCUT2D eigenvalue weighted by molar-refractivity contribution is 0.471. The van der Waals surface area contributed by atoms with Crippen molar-refractivity contribution in [3.05, 3.63) is 53.6 Å². The predicted molar refractivity (Wildman–Crippen MR) is 76.2 cm³/mol. The van der Waals surface area contributed by atoms with Crippen LogP contribution in [0.3, 0.4) is 0 Å². The van der Waals surface area contributed by atoms with Crippen LogP contribution in [0.15, 0.2) is 42.5 Å². The standard InChI is InChI=1S/C16H16N2O/c1-11(2)14-5-3-4-6-16(14)19-15-8-7-13(18)9-12(15)10-17/h3-9,11H,18H2,1-2H3. The van der Waals surface area contributed by atoms with Gasteiger partial charge in [0.15, 0.2) is 0 Å². The van der Waals surface area contributed by atoms with Crippen LogP contribution in [0.2, 0.25) is 0 Å². The molecule has 0 radical (unpaired) electrons. The van der Waals surface area contributed by atoms with Crippen molar-refractivity contribution in [1.82, 2.24) is 0 Å². The monoisotopic (exact) mass is 252 g/mol. The molecule has 96 valence electrons. The summed E-state index contributed by atoms with van der Waals surface area (Å²) in [7, 11) is 0. The molecule has 0 aromatic heterocycles. The number of nitrogens with zero attached hydrogens (tertiary/aromatic N) is 1. The Balaban J connectivity index is 2.40. The van der Waals surface area contributed by atoms with Crippen LogP contribution in [0, 0.1) is 11.3 Å². The van der Waals surface area contributed by atoms with E-state index in [-0.39, 0.29) is 0 Å². The Morgan fingerprint density at radius 1 is 1.11 bits per heavy atom. The second-order valence-electron chi connectivity index (χ2n) is 4.66. The molecule has 0 amide bonds. The molecule has 0 aliphatic heterocycles. The maximum absolute atomic E-state index is 9.11. The molecule has 0 bridgehead atoms. The molecule has 0 saturated carbocycles. The Morgan fingerprint density at radius 2 is 1.84 bits per heavy atom. The fourth-order valence-corrected chi connectivity index (χ4v) is 1.89. The number of hydrogen-bond acceptors (Lipinski definition) is 3. The molecule has 0 saturated heterocycles. The average molecular weight is 252 g/mol. The van der Waals surface area contributed by atoms with Gasteiger partial charge in [-0.3, -0.25) is 0 Å². The summed E-state index contributed by atoms with van der Waals surface area (Å²) in [4.78, 5) is 0. The van der Waals surface area contributed by atoms with Crippen molar-refractivity contribution in [3.8, 4) is 17.6 Å². The normalized spacial score (nSPS) is 10.2. The first-order valence-corrected chi connectivity index (χ1v) is 6.18. The van der Waals surface area contributed by atoms with E-state index in [9.17, 15) is 0 Å². The van der Waals surface area contributed by atoms with E-state index in [2.05, 4.69) is 19.9 Å². The van der Waals surface area contributed by atoms with Gasteiger partial charge in [0, 0.05) is 5.69 Å². The predicted octanol–water partition coefficient (Wildman–Crippen LogP) is 4.06. The van der Waals surface area contributed by atoms with E-state index >= 15 is 0 Å². The molecule has 2 N–H and O–H groups in total. The van der Waals surface area contributed by atoms with Gasteiger partial charge in [-0.15, -0.1) is 0 Å². The third-order valence-corrected chi connectivity index (χ3v) is 2.89. The number of nitriles is 1. The highest BCUT2D eigenvalue weighted by Gasteiger charge is 2.10. The number of nitrogens with two attached hydrogens (primary N) is 1. The Hall–Kier alpha value is -2.47. The molecule has 0 heterocycles. The van der Waals surface area contributed by atoms with E-state index in [4.69, 9.17) is 15.7 Å². The van der Waals surface area contributed by atoms with Crippen LogP contribution in [0.5, 0.6) is 11.5 Å². The maximum atomic E-state index is 9.11. The van der Waals surface area contributed by atoms with Crippen LogP contribution < -0.4 is 10.5 Å². The molecule has 3 heteroatoms. The largest absolute Gasteiger partial charge is 0.456 e. The lowest BCUT2D eigenvalue weighted by Gasteiger charge is -2.14. The first-order valence-electron chi connectivity index (χ1n) is 6.18. The van der Waals surface area contributed by atoms with Gasteiger partial charge in [0.05, 0.1) is 5.56 Å². The Labute approximate surface area is 113 Å². The molecular formula is C16H16N2O. The second-order valence-corrected chi connectivity index (χ2v) is 4.66. The van der Waals surface area contributed by atoms with Gasteiger partial charge in [-0.2, -0.15) is 5.26 Å². The van der Waals surface area contributed by atoms with E-state index in [1.165, 1.54) is 0 Å². The van der Waals surface area contributed by atoms with Gasteiger partial charge in [0.2, 0.25) is 0 Å². The number of para-hydroxylation sites is 1. The zero-order valence-electron chi connectivity index (χ0n) is 11.1. The quantitative estimate of drug-likeness (QED) is 0.838. The summed E-state index contributed by atoms with van der Waals surface area (Å²) >= 11 is 0. The van der Waals surface area contributed by atoms with Crippen LogP contribution in [-0.2, 0) is 0 Å². The fourth-order valence-electron chi connectivity index (χ4n) is 1.89. The molecule has 0 unspecified atom stereocenters. The van der Waals surface area contributed by atoms with Crippen LogP contribution >= 0.6 is 0 Å². The molecule has 3 nitrogen and oxygen atoms in total. The number of ether oxygens (including phenoxy) is 1. The third-order valence-electron chi connectivity index (χ3n) is 2.89. The van der Waals surface area contributed by atoms with E-state index in [0.29, 0.717) is 22.9 Å². The Bertz CT molecular complexity index is 627. The van der Waals surface area contributed by atoms with E-state index in [1.54, 1.807) is 18.2 Å². The Morgan fingerprint density at radius 3 is 2.53 bits per heavy atom. The summed E-state index contributed by atoms with van der Waals surface area (Å²) in [5, 5.41) is 9.11. The van der Waals surface area contributed by atoms with Crippen molar-refractivity contribution in [2.24, 2.45) is 0 Å². The van der Waals surface area contributed by atoms with Gasteiger partial charge in [0.25, 0.3) is 0 Å². The van der Waals surface area contributed by atoms with Gasteiger partial charge >= 0.3 is 0 Å². The molecule has 0 atom stereocenters. The number of benzene rings is 2. The first kappa shape index (κ1) is 13.0. The summed E-state index contributed by atoms with van der Waals surface area (Å²) < 4.78 is 5.87. The van der Waals surface area contributed by atoms with Crippen molar-refractivity contribution in [2.45, 2.75) is 19.8 Å². The van der Waals surface area contributed by atoms with Gasteiger partial charge in [-0.1, -0.05) is 32.0 Å². The molecule has 2 aromatic carbocycles. The highest BCUT2D eigenvalue weighted by atomic mass is 16.5. The number of rotatable bonds is 3. The maximum Gasteiger partial charge on any atom is 0.145 e. The van der Waals surface area contributed by atoms with Gasteiger partial charge in [-0.05, 0) is 35.7 Å². The van der Waals surface area contributed by atoms with Crippen LogP contribution in [0.1, 0.15) is 30.9 Å². The van der Waals surface area contributed by atoms with E-state index < -0.39 is 0 Å². The summed E-state index contributed by atoms with van der Waals surface area (Å²) in [6.45, 7) is 4.22. The van der Waals surface area contributed by atoms with Crippen molar-refractivity contribution in [2.75, 3.05) is 5.73 Å². The van der Waals surface area contributed by atoms with Gasteiger partial charge in [-0.25, -0.2) is 0 Å². The molecule has 19 heavy (non-hydrogen) atoms. The molecule has 0 spiro atoms. The first-order chi connectivity index (χ1) is 9.11. The average Bonchev–Trinajstić information content (AvgIpc) is 2.41. The summed E-state index contributed by atoms with van der Waals surface area (Å²) in [6, 6.07) is 15.0. The van der Waals surface area contributed by atoms with Crippen molar-refractivity contribution >= 4 is 5.69 Å². The SMILES string of the molecule is CC(C)c1ccccc1Oc1ccc(N)cc1C#N. The lowest BCUT2D eigenvalue weighted by Crippen LogP contribution is -1.96. The van der Waals surface area contributed by atoms with E-state index in [1.807, 2.05) is 24.3 Å². The molecule has 2 aromatic rings. The molecule has 0 fully saturated rings. The highest BCUT2D eigenvalue weighted by molar-refractivity contribution is 5.54. The minimum atomic E-state index is 0.357. The van der Waals surface area contributed by atoms with Crippen molar-refractivity contribution in [1.29, 1.82) is 5.26 Å².